The molecular formula is C10H16N2O2. The van der Waals surface area contributed by atoms with Gasteiger partial charge in [0.25, 0.3) is 0 Å². The van der Waals surface area contributed by atoms with Crippen molar-refractivity contribution < 1.29 is 9.57 Å². The number of hydrogen-bond donors (Lipinski definition) is 1. The lowest BCUT2D eigenvalue weighted by atomic mass is 9.75. The molecule has 0 amide bonds. The maximum Gasteiger partial charge on any atom is 0.209 e. The highest BCUT2D eigenvalue weighted by molar-refractivity contribution is 5.17. The van der Waals surface area contributed by atoms with Crippen LogP contribution < -0.4 is 5.48 Å². The Labute approximate surface area is 83.8 Å². The van der Waals surface area contributed by atoms with Crippen LogP contribution in [0, 0.1) is 5.92 Å². The van der Waals surface area contributed by atoms with Gasteiger partial charge in [0, 0.05) is 12.6 Å². The number of nitrogens with one attached hydrogen (secondary N) is 1. The maximum atomic E-state index is 5.71. The van der Waals surface area contributed by atoms with Gasteiger partial charge in [0.1, 0.15) is 5.60 Å². The molecule has 0 saturated carbocycles. The summed E-state index contributed by atoms with van der Waals surface area (Å²) in [5.41, 5.74) is 2.75. The summed E-state index contributed by atoms with van der Waals surface area (Å²) in [6, 6.07) is 0. The topological polar surface area (TPSA) is 33.7 Å². The van der Waals surface area contributed by atoms with Crippen LogP contribution in [0.3, 0.4) is 0 Å². The highest BCUT2D eigenvalue weighted by Crippen LogP contribution is 2.41. The summed E-state index contributed by atoms with van der Waals surface area (Å²) < 4.78 is 5.15. The Morgan fingerprint density at radius 3 is 2.86 bits per heavy atom. The molecule has 4 aliphatic rings. The Morgan fingerprint density at radius 2 is 2.36 bits per heavy atom. The largest absolute Gasteiger partial charge is 0.481 e. The van der Waals surface area contributed by atoms with Crippen LogP contribution in [0.2, 0.25) is 0 Å². The fourth-order valence-electron chi connectivity index (χ4n) is 2.86. The summed E-state index contributed by atoms with van der Waals surface area (Å²) in [5.74, 6) is 1.42. The molecule has 0 aromatic rings. The molecule has 2 bridgehead atoms. The van der Waals surface area contributed by atoms with Crippen molar-refractivity contribution in [3.63, 3.8) is 0 Å². The molecule has 0 aliphatic carbocycles. The number of rotatable bonds is 1. The van der Waals surface area contributed by atoms with Gasteiger partial charge in [0.2, 0.25) is 5.88 Å². The standard InChI is InChI=1S/C10H16N2O2/c1-13-9-6-10(14-11-9)7-12-4-2-8(10)3-5-12/h6,8,11H,2-5,7H2,1H3. The van der Waals surface area contributed by atoms with E-state index >= 15 is 0 Å². The Hall–Kier alpha value is -0.740. The second kappa shape index (κ2) is 2.87. The molecule has 4 heteroatoms. The number of ether oxygens (including phenoxy) is 1. The van der Waals surface area contributed by atoms with Crippen LogP contribution in [0.25, 0.3) is 0 Å². The number of hydroxylamine groups is 1. The van der Waals surface area contributed by atoms with E-state index in [9.17, 15) is 0 Å². The van der Waals surface area contributed by atoms with Crippen LogP contribution >= 0.6 is 0 Å². The van der Waals surface area contributed by atoms with Gasteiger partial charge in [-0.05, 0) is 31.8 Å². The molecule has 1 spiro atoms. The van der Waals surface area contributed by atoms with Crippen molar-refractivity contribution in [2.24, 2.45) is 5.92 Å². The summed E-state index contributed by atoms with van der Waals surface area (Å²) in [4.78, 5) is 8.18. The molecule has 78 valence electrons. The highest BCUT2D eigenvalue weighted by atomic mass is 16.7. The lowest BCUT2D eigenvalue weighted by Crippen LogP contribution is -2.58. The molecular weight excluding hydrogens is 180 g/mol. The molecule has 0 aromatic heterocycles. The summed E-state index contributed by atoms with van der Waals surface area (Å²) >= 11 is 0. The lowest BCUT2D eigenvalue weighted by molar-refractivity contribution is -0.142. The molecule has 1 atom stereocenters. The first-order valence-corrected chi connectivity index (χ1v) is 5.26. The zero-order valence-corrected chi connectivity index (χ0v) is 8.45. The normalized spacial score (nSPS) is 45.1. The van der Waals surface area contributed by atoms with Crippen molar-refractivity contribution in [3.8, 4) is 0 Å². The number of methoxy groups -OCH3 is 1. The van der Waals surface area contributed by atoms with Crippen molar-refractivity contribution in [2.75, 3.05) is 26.7 Å². The quantitative estimate of drug-likeness (QED) is 0.661. The Balaban J connectivity index is 1.87. The molecule has 4 aliphatic heterocycles. The second-order valence-corrected chi connectivity index (χ2v) is 4.42. The SMILES string of the molecule is COC1=CC2(CN3CCC2CC3)ON1. The molecule has 3 fully saturated rings. The molecule has 3 saturated heterocycles. The third-order valence-electron chi connectivity index (χ3n) is 3.69. The lowest BCUT2D eigenvalue weighted by Gasteiger charge is -2.48. The van der Waals surface area contributed by atoms with Crippen LogP contribution in [0.15, 0.2) is 12.0 Å². The van der Waals surface area contributed by atoms with Crippen LogP contribution in [0.5, 0.6) is 0 Å². The van der Waals surface area contributed by atoms with Gasteiger partial charge in [0.15, 0.2) is 0 Å². The van der Waals surface area contributed by atoms with E-state index in [4.69, 9.17) is 9.57 Å². The first-order valence-electron chi connectivity index (χ1n) is 5.26. The number of nitrogens with zero attached hydrogens (tertiary/aromatic N) is 1. The van der Waals surface area contributed by atoms with Gasteiger partial charge in [0.05, 0.1) is 7.11 Å². The molecule has 4 nitrogen and oxygen atoms in total. The molecule has 4 heterocycles. The predicted molar refractivity (Wildman–Crippen MR) is 51.2 cm³/mol. The van der Waals surface area contributed by atoms with Crippen LogP contribution in [0.4, 0.5) is 0 Å². The van der Waals surface area contributed by atoms with E-state index in [1.54, 1.807) is 7.11 Å². The Kier molecular flexibility index (Phi) is 1.76. The van der Waals surface area contributed by atoms with Gasteiger partial charge < -0.3 is 4.74 Å². The number of fused-ring (bicyclic) bond motifs is 2. The molecule has 4 rings (SSSR count). The Bertz CT molecular complexity index is 271. The van der Waals surface area contributed by atoms with Crippen molar-refractivity contribution in [3.05, 3.63) is 12.0 Å². The Morgan fingerprint density at radius 1 is 1.57 bits per heavy atom. The predicted octanol–water partition coefficient (Wildman–Crippen LogP) is 0.473. The summed E-state index contributed by atoms with van der Waals surface area (Å²) in [5, 5.41) is 0. The monoisotopic (exact) mass is 196 g/mol. The van der Waals surface area contributed by atoms with E-state index in [0.717, 1.165) is 12.4 Å². The number of hydrogen-bond acceptors (Lipinski definition) is 4. The summed E-state index contributed by atoms with van der Waals surface area (Å²) in [6.45, 7) is 3.47. The fourth-order valence-corrected chi connectivity index (χ4v) is 2.86. The van der Waals surface area contributed by atoms with E-state index in [0.29, 0.717) is 5.92 Å². The van der Waals surface area contributed by atoms with E-state index in [-0.39, 0.29) is 5.60 Å². The smallest absolute Gasteiger partial charge is 0.209 e. The van der Waals surface area contributed by atoms with E-state index in [2.05, 4.69) is 16.5 Å². The van der Waals surface area contributed by atoms with Gasteiger partial charge >= 0.3 is 0 Å². The average molecular weight is 196 g/mol. The second-order valence-electron chi connectivity index (χ2n) is 4.42. The van der Waals surface area contributed by atoms with Gasteiger partial charge in [-0.25, -0.2) is 5.48 Å². The van der Waals surface area contributed by atoms with Crippen molar-refractivity contribution in [1.82, 2.24) is 10.4 Å². The van der Waals surface area contributed by atoms with Crippen molar-refractivity contribution in [1.29, 1.82) is 0 Å². The van der Waals surface area contributed by atoms with E-state index in [1.165, 1.54) is 25.9 Å². The number of piperidine rings is 3. The van der Waals surface area contributed by atoms with Gasteiger partial charge in [-0.3, -0.25) is 9.74 Å². The molecule has 14 heavy (non-hydrogen) atoms. The average Bonchev–Trinajstić information content (AvgIpc) is 2.63. The van der Waals surface area contributed by atoms with E-state index < -0.39 is 0 Å². The first kappa shape index (κ1) is 8.56. The highest BCUT2D eigenvalue weighted by Gasteiger charge is 2.50. The minimum absolute atomic E-state index is 0.109. The molecule has 1 N–H and O–H groups in total. The minimum atomic E-state index is -0.109. The molecule has 0 aromatic carbocycles. The van der Waals surface area contributed by atoms with Crippen LogP contribution in [-0.2, 0) is 9.57 Å². The summed E-state index contributed by atoms with van der Waals surface area (Å²) in [7, 11) is 1.67. The molecule has 1 unspecified atom stereocenters. The van der Waals surface area contributed by atoms with Gasteiger partial charge in [-0.2, -0.15) is 0 Å². The minimum Gasteiger partial charge on any atom is -0.481 e. The first-order chi connectivity index (χ1) is 6.82. The zero-order chi connectivity index (χ0) is 9.60. The van der Waals surface area contributed by atoms with E-state index in [1.807, 2.05) is 0 Å². The van der Waals surface area contributed by atoms with Gasteiger partial charge in [-0.1, -0.05) is 0 Å². The summed E-state index contributed by atoms with van der Waals surface area (Å²) in [6.07, 6.45) is 4.60. The van der Waals surface area contributed by atoms with Crippen LogP contribution in [-0.4, -0.2) is 37.2 Å². The zero-order valence-electron chi connectivity index (χ0n) is 8.45. The van der Waals surface area contributed by atoms with Crippen molar-refractivity contribution in [2.45, 2.75) is 18.4 Å². The maximum absolute atomic E-state index is 5.71. The van der Waals surface area contributed by atoms with Crippen LogP contribution in [0.1, 0.15) is 12.8 Å². The van der Waals surface area contributed by atoms with Crippen molar-refractivity contribution >= 4 is 0 Å². The third kappa shape index (κ3) is 1.07. The fraction of sp³-hybridized carbons (Fsp3) is 0.800. The molecule has 0 radical (unpaired) electrons. The van der Waals surface area contributed by atoms with Gasteiger partial charge in [-0.15, -0.1) is 0 Å². The third-order valence-corrected chi connectivity index (χ3v) is 3.69.